The van der Waals surface area contributed by atoms with Crippen LogP contribution in [0, 0.1) is 12.7 Å². The highest BCUT2D eigenvalue weighted by molar-refractivity contribution is 5.95. The Balaban J connectivity index is 1.49. The van der Waals surface area contributed by atoms with Crippen LogP contribution in [0.3, 0.4) is 0 Å². The number of nitrogens with one attached hydrogen (secondary N) is 1. The zero-order chi connectivity index (χ0) is 23.2. The molecule has 2 heterocycles. The Kier molecular flexibility index (Phi) is 7.14. The lowest BCUT2D eigenvalue weighted by Crippen LogP contribution is -2.40. The fourth-order valence-electron chi connectivity index (χ4n) is 3.89. The van der Waals surface area contributed by atoms with E-state index in [9.17, 15) is 14.0 Å². The molecule has 1 aromatic heterocycles. The SMILES string of the molecule is Cc1cc(C(=O)N2CC(=O)N(CCc3ccccc3)CC(OCc3cccc(F)c3)C2)n[nH]1. The monoisotopic (exact) mass is 450 g/mol. The first kappa shape index (κ1) is 22.7. The molecule has 0 radical (unpaired) electrons. The summed E-state index contributed by atoms with van der Waals surface area (Å²) in [6.07, 6.45) is 0.287. The van der Waals surface area contributed by atoms with Gasteiger partial charge in [0.15, 0.2) is 0 Å². The van der Waals surface area contributed by atoms with E-state index < -0.39 is 6.10 Å². The standard InChI is InChI=1S/C25H27FN4O3/c1-18-12-23(28-27-18)25(32)30-15-22(33-17-20-8-5-9-21(26)13-20)14-29(24(31)16-30)11-10-19-6-3-2-4-7-19/h2-9,12-13,22H,10-11,14-17H2,1H3,(H,27,28). The molecule has 1 unspecified atom stereocenters. The summed E-state index contributed by atoms with van der Waals surface area (Å²) >= 11 is 0. The van der Waals surface area contributed by atoms with Gasteiger partial charge >= 0.3 is 0 Å². The summed E-state index contributed by atoms with van der Waals surface area (Å²) in [5.41, 5.74) is 2.86. The van der Waals surface area contributed by atoms with E-state index in [1.54, 1.807) is 23.1 Å². The van der Waals surface area contributed by atoms with Crippen LogP contribution in [0.4, 0.5) is 4.39 Å². The Morgan fingerprint density at radius 2 is 1.91 bits per heavy atom. The third-order valence-corrected chi connectivity index (χ3v) is 5.63. The molecule has 0 spiro atoms. The molecule has 8 heteroatoms. The number of aryl methyl sites for hydroxylation is 1. The molecule has 1 N–H and O–H groups in total. The van der Waals surface area contributed by atoms with Crippen LogP contribution < -0.4 is 0 Å². The highest BCUT2D eigenvalue weighted by Crippen LogP contribution is 2.15. The van der Waals surface area contributed by atoms with E-state index in [1.807, 2.05) is 37.3 Å². The Morgan fingerprint density at radius 3 is 2.64 bits per heavy atom. The van der Waals surface area contributed by atoms with Crippen molar-refractivity contribution in [1.82, 2.24) is 20.0 Å². The molecule has 0 saturated carbocycles. The maximum atomic E-state index is 13.6. The molecular formula is C25H27FN4O3. The second kappa shape index (κ2) is 10.4. The quantitative estimate of drug-likeness (QED) is 0.600. The number of aromatic amines is 1. The van der Waals surface area contributed by atoms with Crippen molar-refractivity contribution in [3.8, 4) is 0 Å². The zero-order valence-corrected chi connectivity index (χ0v) is 18.5. The van der Waals surface area contributed by atoms with Gasteiger partial charge in [-0.05, 0) is 42.7 Å². The number of ether oxygens (including phenoxy) is 1. The van der Waals surface area contributed by atoms with Crippen molar-refractivity contribution in [2.24, 2.45) is 0 Å². The number of amides is 2. The molecule has 1 fully saturated rings. The fourth-order valence-corrected chi connectivity index (χ4v) is 3.89. The summed E-state index contributed by atoms with van der Waals surface area (Å²) in [4.78, 5) is 29.3. The predicted octanol–water partition coefficient (Wildman–Crippen LogP) is 2.97. The van der Waals surface area contributed by atoms with Gasteiger partial charge in [-0.15, -0.1) is 0 Å². The van der Waals surface area contributed by atoms with Gasteiger partial charge in [0.25, 0.3) is 5.91 Å². The van der Waals surface area contributed by atoms with E-state index in [4.69, 9.17) is 4.74 Å². The Bertz CT molecular complexity index is 1100. The van der Waals surface area contributed by atoms with Crippen LogP contribution >= 0.6 is 0 Å². The fraction of sp³-hybridized carbons (Fsp3) is 0.320. The highest BCUT2D eigenvalue weighted by atomic mass is 19.1. The molecule has 2 aromatic carbocycles. The molecule has 4 rings (SSSR count). The van der Waals surface area contributed by atoms with Crippen LogP contribution in [0.2, 0.25) is 0 Å². The van der Waals surface area contributed by atoms with E-state index in [-0.39, 0.29) is 43.0 Å². The van der Waals surface area contributed by atoms with E-state index in [2.05, 4.69) is 10.2 Å². The zero-order valence-electron chi connectivity index (χ0n) is 18.5. The normalized spacial score (nSPS) is 16.7. The van der Waals surface area contributed by atoms with Gasteiger partial charge in [-0.25, -0.2) is 4.39 Å². The molecule has 1 aliphatic rings. The number of aromatic nitrogens is 2. The number of carbonyl (C=O) groups is 2. The smallest absolute Gasteiger partial charge is 0.274 e. The molecule has 33 heavy (non-hydrogen) atoms. The van der Waals surface area contributed by atoms with Crippen LogP contribution in [0.15, 0.2) is 60.7 Å². The highest BCUT2D eigenvalue weighted by Gasteiger charge is 2.32. The second-order valence-electron chi connectivity index (χ2n) is 8.26. The molecule has 1 atom stereocenters. The number of benzene rings is 2. The largest absolute Gasteiger partial charge is 0.370 e. The van der Waals surface area contributed by atoms with Gasteiger partial charge in [-0.1, -0.05) is 42.5 Å². The molecule has 0 bridgehead atoms. The lowest BCUT2D eigenvalue weighted by Gasteiger charge is -2.25. The molecule has 7 nitrogen and oxygen atoms in total. The number of nitrogens with zero attached hydrogens (tertiary/aromatic N) is 3. The molecule has 1 aliphatic heterocycles. The van der Waals surface area contributed by atoms with Crippen molar-refractivity contribution in [2.45, 2.75) is 26.1 Å². The first-order chi connectivity index (χ1) is 16.0. The van der Waals surface area contributed by atoms with Gasteiger partial charge in [-0.2, -0.15) is 5.10 Å². The minimum atomic E-state index is -0.417. The summed E-state index contributed by atoms with van der Waals surface area (Å²) in [7, 11) is 0. The molecule has 2 amide bonds. The molecule has 172 valence electrons. The third kappa shape index (κ3) is 6.04. The van der Waals surface area contributed by atoms with Crippen molar-refractivity contribution in [2.75, 3.05) is 26.2 Å². The first-order valence-electron chi connectivity index (χ1n) is 11.0. The van der Waals surface area contributed by atoms with Crippen molar-refractivity contribution in [3.05, 3.63) is 89.0 Å². The molecular weight excluding hydrogens is 423 g/mol. The van der Waals surface area contributed by atoms with Crippen LogP contribution in [-0.4, -0.2) is 64.1 Å². The van der Waals surface area contributed by atoms with Crippen molar-refractivity contribution >= 4 is 11.8 Å². The number of hydrogen-bond donors (Lipinski definition) is 1. The first-order valence-corrected chi connectivity index (χ1v) is 11.0. The minimum Gasteiger partial charge on any atom is -0.370 e. The van der Waals surface area contributed by atoms with Gasteiger partial charge in [0.1, 0.15) is 18.1 Å². The van der Waals surface area contributed by atoms with Crippen molar-refractivity contribution < 1.29 is 18.7 Å². The Labute approximate surface area is 192 Å². The lowest BCUT2D eigenvalue weighted by atomic mass is 10.1. The minimum absolute atomic E-state index is 0.0423. The third-order valence-electron chi connectivity index (χ3n) is 5.63. The maximum Gasteiger partial charge on any atom is 0.274 e. The molecule has 1 saturated heterocycles. The van der Waals surface area contributed by atoms with Gasteiger partial charge in [-0.3, -0.25) is 14.7 Å². The second-order valence-corrected chi connectivity index (χ2v) is 8.26. The van der Waals surface area contributed by atoms with Crippen LogP contribution in [0.5, 0.6) is 0 Å². The summed E-state index contributed by atoms with van der Waals surface area (Å²) in [5.74, 6) is -0.789. The average Bonchev–Trinajstić information content (AvgIpc) is 3.18. The summed E-state index contributed by atoms with van der Waals surface area (Å²) < 4.78 is 19.6. The predicted molar refractivity (Wildman–Crippen MR) is 121 cm³/mol. The number of carbonyl (C=O) groups excluding carboxylic acids is 2. The van der Waals surface area contributed by atoms with E-state index in [0.29, 0.717) is 25.1 Å². The summed E-state index contributed by atoms with van der Waals surface area (Å²) in [6.45, 7) is 3.07. The number of H-pyrrole nitrogens is 1. The van der Waals surface area contributed by atoms with Gasteiger partial charge in [0.05, 0.1) is 12.7 Å². The summed E-state index contributed by atoms with van der Waals surface area (Å²) in [6, 6.07) is 17.8. The Morgan fingerprint density at radius 1 is 1.12 bits per heavy atom. The van der Waals surface area contributed by atoms with E-state index in [0.717, 1.165) is 11.3 Å². The van der Waals surface area contributed by atoms with Gasteiger partial charge in [0, 0.05) is 25.3 Å². The van der Waals surface area contributed by atoms with Crippen LogP contribution in [0.25, 0.3) is 0 Å². The number of hydrogen-bond acceptors (Lipinski definition) is 4. The van der Waals surface area contributed by atoms with Crippen LogP contribution in [-0.2, 0) is 22.6 Å². The number of halogens is 1. The van der Waals surface area contributed by atoms with E-state index in [1.165, 1.54) is 17.0 Å². The molecule has 0 aliphatic carbocycles. The lowest BCUT2D eigenvalue weighted by molar-refractivity contribution is -0.131. The van der Waals surface area contributed by atoms with Crippen molar-refractivity contribution in [1.29, 1.82) is 0 Å². The van der Waals surface area contributed by atoms with Gasteiger partial charge in [0.2, 0.25) is 5.91 Å². The Hall–Kier alpha value is -3.52. The number of rotatable bonds is 7. The topological polar surface area (TPSA) is 78.5 Å². The van der Waals surface area contributed by atoms with Gasteiger partial charge < -0.3 is 14.5 Å². The van der Waals surface area contributed by atoms with E-state index >= 15 is 0 Å². The van der Waals surface area contributed by atoms with Crippen LogP contribution in [0.1, 0.15) is 27.3 Å². The summed E-state index contributed by atoms with van der Waals surface area (Å²) in [5, 5.41) is 6.81. The molecule has 3 aromatic rings. The van der Waals surface area contributed by atoms with Crippen molar-refractivity contribution in [3.63, 3.8) is 0 Å². The average molecular weight is 451 g/mol. The maximum absolute atomic E-state index is 13.6.